The zero-order valence-electron chi connectivity index (χ0n) is 11.6. The molecule has 5 heteroatoms. The highest BCUT2D eigenvalue weighted by Crippen LogP contribution is 2.16. The van der Waals surface area contributed by atoms with Crippen LogP contribution in [0.2, 0.25) is 0 Å². The number of para-hydroxylation sites is 1. The van der Waals surface area contributed by atoms with Gasteiger partial charge in [-0.1, -0.05) is 25.5 Å². The van der Waals surface area contributed by atoms with E-state index in [2.05, 4.69) is 5.32 Å². The Balaban J connectivity index is 2.37. The molecule has 0 saturated carbocycles. The van der Waals surface area contributed by atoms with Crippen molar-refractivity contribution in [2.24, 2.45) is 5.92 Å². The van der Waals surface area contributed by atoms with E-state index >= 15 is 0 Å². The van der Waals surface area contributed by atoms with Crippen LogP contribution in [0.15, 0.2) is 24.3 Å². The number of phenols is 1. The lowest BCUT2D eigenvalue weighted by atomic mass is 9.96. The van der Waals surface area contributed by atoms with Crippen LogP contribution in [0.5, 0.6) is 5.75 Å². The Morgan fingerprint density at radius 3 is 2.55 bits per heavy atom. The predicted molar refractivity (Wildman–Crippen MR) is 75.7 cm³/mol. The van der Waals surface area contributed by atoms with Gasteiger partial charge >= 0.3 is 5.97 Å². The number of carboxylic acids is 1. The average molecular weight is 279 g/mol. The summed E-state index contributed by atoms with van der Waals surface area (Å²) in [5.74, 6) is -0.850. The third-order valence-corrected chi connectivity index (χ3v) is 3.33. The molecule has 1 aromatic carbocycles. The van der Waals surface area contributed by atoms with Gasteiger partial charge in [-0.3, -0.25) is 9.59 Å². The molecule has 1 aromatic rings. The molecule has 0 fully saturated rings. The largest absolute Gasteiger partial charge is 0.507 e. The first-order valence-electron chi connectivity index (χ1n) is 6.82. The third kappa shape index (κ3) is 5.30. The minimum Gasteiger partial charge on any atom is -0.507 e. The Labute approximate surface area is 118 Å². The van der Waals surface area contributed by atoms with Crippen molar-refractivity contribution in [2.45, 2.75) is 32.6 Å². The molecule has 0 spiro atoms. The van der Waals surface area contributed by atoms with Gasteiger partial charge in [-0.25, -0.2) is 0 Å². The molecule has 0 aliphatic heterocycles. The highest BCUT2D eigenvalue weighted by Gasteiger charge is 2.12. The summed E-state index contributed by atoms with van der Waals surface area (Å²) in [6, 6.07) is 6.38. The average Bonchev–Trinajstić information content (AvgIpc) is 2.42. The highest BCUT2D eigenvalue weighted by atomic mass is 16.4. The maximum Gasteiger partial charge on any atom is 0.303 e. The second kappa shape index (κ2) is 8.19. The number of phenolic OH excluding ortho intramolecular Hbond substituents is 1. The lowest BCUT2D eigenvalue weighted by Gasteiger charge is -2.14. The van der Waals surface area contributed by atoms with Gasteiger partial charge in [0.25, 0.3) is 5.91 Å². The number of carbonyl (C=O) groups is 2. The number of nitrogens with one attached hydrogen (secondary N) is 1. The number of hydrogen-bond donors (Lipinski definition) is 3. The van der Waals surface area contributed by atoms with E-state index in [4.69, 9.17) is 5.11 Å². The number of aromatic hydroxyl groups is 1. The van der Waals surface area contributed by atoms with E-state index in [0.29, 0.717) is 13.0 Å². The molecule has 0 aliphatic carbocycles. The van der Waals surface area contributed by atoms with E-state index in [1.54, 1.807) is 18.2 Å². The van der Waals surface area contributed by atoms with Crippen LogP contribution in [0.25, 0.3) is 0 Å². The van der Waals surface area contributed by atoms with Crippen molar-refractivity contribution in [3.8, 4) is 5.75 Å². The molecule has 20 heavy (non-hydrogen) atoms. The summed E-state index contributed by atoms with van der Waals surface area (Å²) in [4.78, 5) is 22.4. The van der Waals surface area contributed by atoms with Crippen LogP contribution in [0.1, 0.15) is 43.0 Å². The first-order valence-corrected chi connectivity index (χ1v) is 6.82. The van der Waals surface area contributed by atoms with Crippen molar-refractivity contribution in [1.29, 1.82) is 0 Å². The van der Waals surface area contributed by atoms with Gasteiger partial charge in [0.2, 0.25) is 0 Å². The van der Waals surface area contributed by atoms with Crippen molar-refractivity contribution in [2.75, 3.05) is 6.54 Å². The fraction of sp³-hybridized carbons (Fsp3) is 0.467. The molecule has 0 heterocycles. The normalized spacial score (nSPS) is 11.8. The lowest BCUT2D eigenvalue weighted by Crippen LogP contribution is -2.26. The van der Waals surface area contributed by atoms with E-state index in [1.807, 2.05) is 6.92 Å². The van der Waals surface area contributed by atoms with E-state index < -0.39 is 5.97 Å². The molecule has 1 atom stereocenters. The van der Waals surface area contributed by atoms with E-state index in [1.165, 1.54) is 6.07 Å². The SMILES string of the molecule is CCC(CCNC(=O)c1ccccc1O)CCC(=O)O. The Hall–Kier alpha value is -2.04. The zero-order chi connectivity index (χ0) is 15.0. The predicted octanol–water partition coefficient (Wildman–Crippen LogP) is 2.40. The molecule has 0 aromatic heterocycles. The second-order valence-corrected chi connectivity index (χ2v) is 4.77. The zero-order valence-corrected chi connectivity index (χ0v) is 11.6. The number of hydrogen-bond acceptors (Lipinski definition) is 3. The number of rotatable bonds is 8. The number of carboxylic acid groups (broad SMARTS) is 1. The van der Waals surface area contributed by atoms with Crippen LogP contribution in [0.3, 0.4) is 0 Å². The number of amides is 1. The molecule has 1 unspecified atom stereocenters. The van der Waals surface area contributed by atoms with Crippen molar-refractivity contribution in [3.05, 3.63) is 29.8 Å². The van der Waals surface area contributed by atoms with Gasteiger partial charge in [-0.2, -0.15) is 0 Å². The standard InChI is InChI=1S/C15H21NO4/c1-2-11(7-8-14(18)19)9-10-16-15(20)12-5-3-4-6-13(12)17/h3-6,11,17H,2,7-10H2,1H3,(H,16,20)(H,18,19). The monoisotopic (exact) mass is 279 g/mol. The van der Waals surface area contributed by atoms with Gasteiger partial charge in [0.1, 0.15) is 5.75 Å². The summed E-state index contributed by atoms with van der Waals surface area (Å²) < 4.78 is 0. The van der Waals surface area contributed by atoms with Gasteiger partial charge in [0.05, 0.1) is 5.56 Å². The molecule has 110 valence electrons. The van der Waals surface area contributed by atoms with Gasteiger partial charge in [0, 0.05) is 13.0 Å². The summed E-state index contributed by atoms with van der Waals surface area (Å²) in [6.07, 6.45) is 2.41. The van der Waals surface area contributed by atoms with Gasteiger partial charge in [-0.05, 0) is 30.9 Å². The Morgan fingerprint density at radius 1 is 1.25 bits per heavy atom. The van der Waals surface area contributed by atoms with E-state index in [9.17, 15) is 14.7 Å². The molecular formula is C15H21NO4. The first-order chi connectivity index (χ1) is 9.54. The molecule has 5 nitrogen and oxygen atoms in total. The first kappa shape index (κ1) is 16.0. The minimum absolute atomic E-state index is 0.0390. The number of aliphatic carboxylic acids is 1. The van der Waals surface area contributed by atoms with Gasteiger partial charge < -0.3 is 15.5 Å². The van der Waals surface area contributed by atoms with Crippen LogP contribution >= 0.6 is 0 Å². The van der Waals surface area contributed by atoms with Crippen LogP contribution < -0.4 is 5.32 Å². The lowest BCUT2D eigenvalue weighted by molar-refractivity contribution is -0.137. The topological polar surface area (TPSA) is 86.6 Å². The van der Waals surface area contributed by atoms with Crippen LogP contribution in [0, 0.1) is 5.92 Å². The molecule has 0 bridgehead atoms. The maximum absolute atomic E-state index is 11.8. The van der Waals surface area contributed by atoms with Gasteiger partial charge in [-0.15, -0.1) is 0 Å². The number of carbonyl (C=O) groups excluding carboxylic acids is 1. The summed E-state index contributed by atoms with van der Waals surface area (Å²) in [6.45, 7) is 2.49. The molecule has 1 rings (SSSR count). The summed E-state index contributed by atoms with van der Waals surface area (Å²) >= 11 is 0. The molecule has 0 aliphatic rings. The summed E-state index contributed by atoms with van der Waals surface area (Å²) in [5.41, 5.74) is 0.256. The van der Waals surface area contributed by atoms with Gasteiger partial charge in [0.15, 0.2) is 0 Å². The van der Waals surface area contributed by atoms with Crippen molar-refractivity contribution in [3.63, 3.8) is 0 Å². The Bertz CT molecular complexity index is 459. The third-order valence-electron chi connectivity index (χ3n) is 3.33. The smallest absolute Gasteiger partial charge is 0.303 e. The van der Waals surface area contributed by atoms with E-state index in [-0.39, 0.29) is 29.6 Å². The molecule has 1 amide bonds. The Kier molecular flexibility index (Phi) is 6.56. The number of benzene rings is 1. The fourth-order valence-corrected chi connectivity index (χ4v) is 2.03. The highest BCUT2D eigenvalue weighted by molar-refractivity contribution is 5.96. The van der Waals surface area contributed by atoms with E-state index in [0.717, 1.165) is 12.8 Å². The molecule has 3 N–H and O–H groups in total. The molecular weight excluding hydrogens is 258 g/mol. The van der Waals surface area contributed by atoms with Crippen LogP contribution in [0.4, 0.5) is 0 Å². The van der Waals surface area contributed by atoms with Crippen LogP contribution in [-0.4, -0.2) is 28.6 Å². The quantitative estimate of drug-likeness (QED) is 0.682. The summed E-state index contributed by atoms with van der Waals surface area (Å²) in [5, 5.41) is 21.0. The van der Waals surface area contributed by atoms with Crippen molar-refractivity contribution >= 4 is 11.9 Å². The maximum atomic E-state index is 11.8. The van der Waals surface area contributed by atoms with Crippen molar-refractivity contribution < 1.29 is 19.8 Å². The Morgan fingerprint density at radius 2 is 1.95 bits per heavy atom. The van der Waals surface area contributed by atoms with Crippen molar-refractivity contribution in [1.82, 2.24) is 5.32 Å². The summed E-state index contributed by atoms with van der Waals surface area (Å²) in [7, 11) is 0. The molecule has 0 radical (unpaired) electrons. The molecule has 0 saturated heterocycles. The second-order valence-electron chi connectivity index (χ2n) is 4.77. The fourth-order valence-electron chi connectivity index (χ4n) is 2.03. The minimum atomic E-state index is -0.790. The van der Waals surface area contributed by atoms with Crippen LogP contribution in [-0.2, 0) is 4.79 Å².